The largest absolute Gasteiger partial charge is 0.368 e. The van der Waals surface area contributed by atoms with Gasteiger partial charge in [-0.3, -0.25) is 0 Å². The van der Waals surface area contributed by atoms with Gasteiger partial charge >= 0.3 is 0 Å². The number of rotatable bonds is 4. The Bertz CT molecular complexity index is 157. The van der Waals surface area contributed by atoms with Crippen molar-refractivity contribution in [3.05, 3.63) is 11.8 Å². The van der Waals surface area contributed by atoms with Gasteiger partial charge in [0.25, 0.3) is 0 Å². The number of ether oxygens (including phenoxy) is 1. The maximum atomic E-state index is 4.89. The van der Waals surface area contributed by atoms with Crippen molar-refractivity contribution >= 4 is 0 Å². The maximum Gasteiger partial charge on any atom is 0.113 e. The molecule has 0 spiro atoms. The van der Waals surface area contributed by atoms with Crippen LogP contribution in [0.1, 0.15) is 38.5 Å². The Morgan fingerprint density at radius 1 is 1.31 bits per heavy atom. The summed E-state index contributed by atoms with van der Waals surface area (Å²) in [5.41, 5.74) is 7.51. The lowest BCUT2D eigenvalue weighted by molar-refractivity contribution is 0.165. The van der Waals surface area contributed by atoms with E-state index in [0.29, 0.717) is 6.73 Å². The highest BCUT2D eigenvalue weighted by molar-refractivity contribution is 4.99. The second-order valence-electron chi connectivity index (χ2n) is 3.42. The molecule has 3 nitrogen and oxygen atoms in total. The summed E-state index contributed by atoms with van der Waals surface area (Å²) in [5.74, 6) is 0. The number of allylic oxidation sites excluding steroid dienone is 2. The van der Waals surface area contributed by atoms with Crippen LogP contribution >= 0.6 is 0 Å². The van der Waals surface area contributed by atoms with Crippen molar-refractivity contribution in [1.82, 2.24) is 10.9 Å². The molecule has 13 heavy (non-hydrogen) atoms. The fraction of sp³-hybridized carbons (Fsp3) is 0.800. The van der Waals surface area contributed by atoms with Gasteiger partial charge in [-0.25, -0.2) is 5.43 Å². The van der Waals surface area contributed by atoms with E-state index in [0.717, 1.165) is 6.42 Å². The van der Waals surface area contributed by atoms with E-state index in [9.17, 15) is 0 Å². The SMILES string of the molecule is COCNN/C1=C/CCCCCC1. The standard InChI is InChI=1S/C10H20N2O/c1-13-9-11-12-10-7-5-3-2-4-6-8-10/h7,11-12H,2-6,8-9H2,1H3/b10-7+. The summed E-state index contributed by atoms with van der Waals surface area (Å²) in [6.45, 7) is 0.553. The van der Waals surface area contributed by atoms with Gasteiger partial charge in [-0.2, -0.15) is 0 Å². The summed E-state index contributed by atoms with van der Waals surface area (Å²) in [6.07, 6.45) is 10.0. The smallest absolute Gasteiger partial charge is 0.113 e. The Morgan fingerprint density at radius 3 is 3.00 bits per heavy atom. The molecule has 0 unspecified atom stereocenters. The Kier molecular flexibility index (Phi) is 5.61. The van der Waals surface area contributed by atoms with Gasteiger partial charge in [0, 0.05) is 12.8 Å². The lowest BCUT2D eigenvalue weighted by atomic mass is 10.0. The minimum Gasteiger partial charge on any atom is -0.368 e. The molecule has 0 fully saturated rings. The lowest BCUT2D eigenvalue weighted by Gasteiger charge is -2.14. The third-order valence-electron chi connectivity index (χ3n) is 2.26. The number of methoxy groups -OCH3 is 1. The Morgan fingerprint density at radius 2 is 2.15 bits per heavy atom. The molecule has 0 atom stereocenters. The fourth-order valence-electron chi connectivity index (χ4n) is 1.53. The molecule has 0 bridgehead atoms. The van der Waals surface area contributed by atoms with Crippen LogP contribution in [0.5, 0.6) is 0 Å². The normalized spacial score (nSPS) is 22.7. The van der Waals surface area contributed by atoms with Crippen molar-refractivity contribution in [3.63, 3.8) is 0 Å². The van der Waals surface area contributed by atoms with Crippen LogP contribution in [0.25, 0.3) is 0 Å². The monoisotopic (exact) mass is 184 g/mol. The topological polar surface area (TPSA) is 33.3 Å². The summed E-state index contributed by atoms with van der Waals surface area (Å²) in [7, 11) is 1.68. The minimum atomic E-state index is 0.553. The summed E-state index contributed by atoms with van der Waals surface area (Å²) in [6, 6.07) is 0. The molecule has 1 aliphatic carbocycles. The number of hydrogen-bond acceptors (Lipinski definition) is 3. The average molecular weight is 184 g/mol. The summed E-state index contributed by atoms with van der Waals surface area (Å²) < 4.78 is 4.89. The fourth-order valence-corrected chi connectivity index (χ4v) is 1.53. The Labute approximate surface area is 80.5 Å². The molecule has 2 N–H and O–H groups in total. The second-order valence-corrected chi connectivity index (χ2v) is 3.42. The van der Waals surface area contributed by atoms with E-state index >= 15 is 0 Å². The van der Waals surface area contributed by atoms with Crippen LogP contribution in [-0.4, -0.2) is 13.8 Å². The van der Waals surface area contributed by atoms with E-state index in [4.69, 9.17) is 4.74 Å². The van der Waals surface area contributed by atoms with Crippen LogP contribution < -0.4 is 10.9 Å². The predicted molar refractivity (Wildman–Crippen MR) is 53.9 cm³/mol. The molecular weight excluding hydrogens is 164 g/mol. The van der Waals surface area contributed by atoms with Crippen LogP contribution in [-0.2, 0) is 4.74 Å². The van der Waals surface area contributed by atoms with Gasteiger partial charge in [0.05, 0.1) is 0 Å². The molecule has 0 aromatic rings. The first-order chi connectivity index (χ1) is 6.43. The quantitative estimate of drug-likeness (QED) is 0.398. The highest BCUT2D eigenvalue weighted by Gasteiger charge is 2.00. The summed E-state index contributed by atoms with van der Waals surface area (Å²) >= 11 is 0. The van der Waals surface area contributed by atoms with E-state index in [2.05, 4.69) is 16.9 Å². The van der Waals surface area contributed by atoms with Gasteiger partial charge in [0.15, 0.2) is 0 Å². The number of hydrogen-bond donors (Lipinski definition) is 2. The molecule has 1 aliphatic rings. The van der Waals surface area contributed by atoms with Gasteiger partial charge in [-0.1, -0.05) is 18.9 Å². The molecule has 0 amide bonds. The van der Waals surface area contributed by atoms with Crippen molar-refractivity contribution in [2.45, 2.75) is 38.5 Å². The Hall–Kier alpha value is -0.540. The first kappa shape index (κ1) is 10.5. The molecule has 0 heterocycles. The van der Waals surface area contributed by atoms with Gasteiger partial charge in [0.1, 0.15) is 6.73 Å². The lowest BCUT2D eigenvalue weighted by Crippen LogP contribution is -2.32. The predicted octanol–water partition coefficient (Wildman–Crippen LogP) is 1.92. The Balaban J connectivity index is 2.19. The molecule has 1 rings (SSSR count). The average Bonchev–Trinajstić information content (AvgIpc) is 2.08. The third kappa shape index (κ3) is 4.90. The van der Waals surface area contributed by atoms with Gasteiger partial charge in [-0.05, 0) is 25.7 Å². The van der Waals surface area contributed by atoms with Gasteiger partial charge in [0.2, 0.25) is 0 Å². The third-order valence-corrected chi connectivity index (χ3v) is 2.26. The molecule has 0 aromatic carbocycles. The number of hydrazine groups is 1. The zero-order chi connectivity index (χ0) is 9.36. The number of nitrogens with one attached hydrogen (secondary N) is 2. The first-order valence-corrected chi connectivity index (χ1v) is 5.10. The molecule has 0 aromatic heterocycles. The van der Waals surface area contributed by atoms with Crippen LogP contribution in [0.15, 0.2) is 11.8 Å². The molecule has 0 aliphatic heterocycles. The molecular formula is C10H20N2O. The molecule has 0 saturated carbocycles. The van der Waals surface area contributed by atoms with Crippen molar-refractivity contribution in [2.24, 2.45) is 0 Å². The van der Waals surface area contributed by atoms with Crippen molar-refractivity contribution in [3.8, 4) is 0 Å². The summed E-state index contributed by atoms with van der Waals surface area (Å²) in [5, 5.41) is 0. The van der Waals surface area contributed by atoms with E-state index in [-0.39, 0.29) is 0 Å². The first-order valence-electron chi connectivity index (χ1n) is 5.10. The van der Waals surface area contributed by atoms with E-state index in [1.807, 2.05) is 0 Å². The van der Waals surface area contributed by atoms with Crippen molar-refractivity contribution < 1.29 is 4.74 Å². The minimum absolute atomic E-state index is 0.553. The van der Waals surface area contributed by atoms with Gasteiger partial charge < -0.3 is 10.2 Å². The molecule has 3 heteroatoms. The molecule has 76 valence electrons. The second kappa shape index (κ2) is 6.92. The van der Waals surface area contributed by atoms with E-state index < -0.39 is 0 Å². The zero-order valence-electron chi connectivity index (χ0n) is 8.44. The van der Waals surface area contributed by atoms with Crippen LogP contribution in [0.4, 0.5) is 0 Å². The van der Waals surface area contributed by atoms with Crippen LogP contribution in [0.3, 0.4) is 0 Å². The summed E-state index contributed by atoms with van der Waals surface area (Å²) in [4.78, 5) is 0. The zero-order valence-corrected chi connectivity index (χ0v) is 8.44. The van der Waals surface area contributed by atoms with Crippen molar-refractivity contribution in [2.75, 3.05) is 13.8 Å². The highest BCUT2D eigenvalue weighted by atomic mass is 16.5. The van der Waals surface area contributed by atoms with Crippen LogP contribution in [0, 0.1) is 0 Å². The van der Waals surface area contributed by atoms with E-state index in [1.165, 1.54) is 37.8 Å². The highest BCUT2D eigenvalue weighted by Crippen LogP contribution is 2.14. The van der Waals surface area contributed by atoms with Crippen LogP contribution in [0.2, 0.25) is 0 Å². The molecule has 0 saturated heterocycles. The van der Waals surface area contributed by atoms with Gasteiger partial charge in [-0.15, -0.1) is 0 Å². The van der Waals surface area contributed by atoms with Crippen molar-refractivity contribution in [1.29, 1.82) is 0 Å². The van der Waals surface area contributed by atoms with E-state index in [1.54, 1.807) is 7.11 Å². The maximum absolute atomic E-state index is 4.89. The molecule has 0 radical (unpaired) electrons.